The number of sulfone groups is 1. The molecule has 7 rings (SSSR count). The molecular weight excluding hydrogens is 492 g/mol. The lowest BCUT2D eigenvalue weighted by atomic mass is 9.96. The zero-order valence-corrected chi connectivity index (χ0v) is 22.7. The highest BCUT2D eigenvalue weighted by atomic mass is 32.2. The fourth-order valence-electron chi connectivity index (χ4n) is 6.56. The second-order valence-corrected chi connectivity index (χ2v) is 13.9. The van der Waals surface area contributed by atoms with Crippen LogP contribution in [0.1, 0.15) is 56.6 Å². The summed E-state index contributed by atoms with van der Waals surface area (Å²) in [5.74, 6) is 0. The average molecular weight is 527 g/mol. The molecule has 2 aromatic carbocycles. The van der Waals surface area contributed by atoms with Gasteiger partial charge in [0.05, 0.1) is 15.8 Å². The number of benzene rings is 2. The summed E-state index contributed by atoms with van der Waals surface area (Å²) in [6.45, 7) is 4.74. The predicted octanol–water partition coefficient (Wildman–Crippen LogP) is 5.96. The van der Waals surface area contributed by atoms with Crippen molar-refractivity contribution in [3.63, 3.8) is 0 Å². The standard InChI is InChI=1S/C31H34N4O2S/c1-31(14-2-3-15-31)35-16-12-21-4-5-23(18-24(21)13-17-35)25-19-28-29(33-34-30(28)32-20-25)22-6-8-26(9-7-22)38(36,37)27-10-11-27/h4-9,18-20,27H,2-3,10-17H2,1H3,(H,32,33,34). The predicted molar refractivity (Wildman–Crippen MR) is 151 cm³/mol. The molecule has 0 bridgehead atoms. The van der Waals surface area contributed by atoms with Gasteiger partial charge in [-0.25, -0.2) is 13.4 Å². The maximum Gasteiger partial charge on any atom is 0.181 e. The number of H-pyrrole nitrogens is 1. The third-order valence-corrected chi connectivity index (χ3v) is 11.4. The van der Waals surface area contributed by atoms with Crippen LogP contribution in [0.25, 0.3) is 33.4 Å². The van der Waals surface area contributed by atoms with Crippen LogP contribution in [0.4, 0.5) is 0 Å². The Kier molecular flexibility index (Phi) is 5.71. The first-order valence-corrected chi connectivity index (χ1v) is 15.5. The Morgan fingerprint density at radius 1 is 0.895 bits per heavy atom. The molecule has 38 heavy (non-hydrogen) atoms. The molecule has 196 valence electrons. The van der Waals surface area contributed by atoms with Crippen LogP contribution in [0, 0.1) is 0 Å². The number of nitrogens with one attached hydrogen (secondary N) is 1. The van der Waals surface area contributed by atoms with Gasteiger partial charge in [-0.15, -0.1) is 0 Å². The Bertz CT molecular complexity index is 1610. The highest BCUT2D eigenvalue weighted by Gasteiger charge is 2.37. The zero-order chi connectivity index (χ0) is 25.9. The average Bonchev–Trinajstić information content (AvgIpc) is 3.64. The lowest BCUT2D eigenvalue weighted by Crippen LogP contribution is -2.45. The van der Waals surface area contributed by atoms with Gasteiger partial charge >= 0.3 is 0 Å². The van der Waals surface area contributed by atoms with Gasteiger partial charge in [-0.2, -0.15) is 5.10 Å². The van der Waals surface area contributed by atoms with E-state index in [-0.39, 0.29) is 5.25 Å². The number of fused-ring (bicyclic) bond motifs is 2. The second kappa shape index (κ2) is 9.02. The van der Waals surface area contributed by atoms with Crippen LogP contribution in [-0.4, -0.2) is 52.4 Å². The number of aromatic nitrogens is 3. The van der Waals surface area contributed by atoms with Gasteiger partial charge < -0.3 is 0 Å². The summed E-state index contributed by atoms with van der Waals surface area (Å²) in [5.41, 5.74) is 7.97. The molecule has 3 aliphatic rings. The lowest BCUT2D eigenvalue weighted by molar-refractivity contribution is 0.115. The van der Waals surface area contributed by atoms with Crippen LogP contribution in [0.15, 0.2) is 59.6 Å². The first kappa shape index (κ1) is 24.0. The van der Waals surface area contributed by atoms with Gasteiger partial charge in [0.25, 0.3) is 0 Å². The van der Waals surface area contributed by atoms with Gasteiger partial charge in [0.15, 0.2) is 15.5 Å². The van der Waals surface area contributed by atoms with E-state index in [1.165, 1.54) is 42.4 Å². The molecule has 2 fully saturated rings. The first-order chi connectivity index (χ1) is 18.4. The number of nitrogens with zero attached hydrogens (tertiary/aromatic N) is 3. The highest BCUT2D eigenvalue weighted by molar-refractivity contribution is 7.92. The quantitative estimate of drug-likeness (QED) is 0.347. The maximum absolute atomic E-state index is 12.6. The van der Waals surface area contributed by atoms with Crippen LogP contribution < -0.4 is 0 Å². The topological polar surface area (TPSA) is 79.0 Å². The largest absolute Gasteiger partial charge is 0.297 e. The Labute approximate surface area is 224 Å². The van der Waals surface area contributed by atoms with Crippen molar-refractivity contribution < 1.29 is 8.42 Å². The van der Waals surface area contributed by atoms with E-state index < -0.39 is 9.84 Å². The molecule has 0 radical (unpaired) electrons. The molecule has 0 amide bonds. The van der Waals surface area contributed by atoms with E-state index in [1.807, 2.05) is 18.3 Å². The number of hydrogen-bond acceptors (Lipinski definition) is 5. The molecule has 0 atom stereocenters. The molecule has 4 aromatic rings. The normalized spacial score (nSPS) is 19.9. The van der Waals surface area contributed by atoms with Crippen molar-refractivity contribution in [3.05, 3.63) is 65.9 Å². The first-order valence-electron chi connectivity index (χ1n) is 14.0. The van der Waals surface area contributed by atoms with Crippen molar-refractivity contribution in [1.29, 1.82) is 0 Å². The van der Waals surface area contributed by atoms with Crippen molar-refractivity contribution in [1.82, 2.24) is 20.1 Å². The molecule has 1 N–H and O–H groups in total. The van der Waals surface area contributed by atoms with Crippen molar-refractivity contribution in [2.75, 3.05) is 13.1 Å². The smallest absolute Gasteiger partial charge is 0.181 e. The van der Waals surface area contributed by atoms with Crippen LogP contribution in [-0.2, 0) is 22.7 Å². The van der Waals surface area contributed by atoms with Crippen LogP contribution >= 0.6 is 0 Å². The summed E-state index contributed by atoms with van der Waals surface area (Å²) < 4.78 is 25.2. The summed E-state index contributed by atoms with van der Waals surface area (Å²) in [5, 5.41) is 8.28. The maximum atomic E-state index is 12.6. The van der Waals surface area contributed by atoms with E-state index in [0.717, 1.165) is 61.0 Å². The Hall–Kier alpha value is -3.03. The summed E-state index contributed by atoms with van der Waals surface area (Å²) in [6.07, 6.45) is 11.0. The van der Waals surface area contributed by atoms with E-state index >= 15 is 0 Å². The minimum absolute atomic E-state index is 0.206. The number of rotatable bonds is 5. The van der Waals surface area contributed by atoms with Crippen molar-refractivity contribution in [3.8, 4) is 22.4 Å². The fourth-order valence-corrected chi connectivity index (χ4v) is 8.21. The van der Waals surface area contributed by atoms with E-state index in [9.17, 15) is 8.42 Å². The monoisotopic (exact) mass is 526 g/mol. The molecule has 2 aromatic heterocycles. The summed E-state index contributed by atoms with van der Waals surface area (Å²) in [6, 6.07) is 16.2. The van der Waals surface area contributed by atoms with E-state index in [4.69, 9.17) is 0 Å². The minimum Gasteiger partial charge on any atom is -0.297 e. The van der Waals surface area contributed by atoms with Crippen molar-refractivity contribution in [2.45, 2.75) is 74.0 Å². The van der Waals surface area contributed by atoms with Crippen molar-refractivity contribution >= 4 is 20.9 Å². The molecule has 2 saturated carbocycles. The van der Waals surface area contributed by atoms with Gasteiger partial charge in [0.1, 0.15) is 0 Å². The molecular formula is C31H34N4O2S. The van der Waals surface area contributed by atoms with Gasteiger partial charge in [-0.1, -0.05) is 43.2 Å². The van der Waals surface area contributed by atoms with Gasteiger partial charge in [-0.3, -0.25) is 10.00 Å². The van der Waals surface area contributed by atoms with Crippen LogP contribution in [0.5, 0.6) is 0 Å². The highest BCUT2D eigenvalue weighted by Crippen LogP contribution is 2.37. The van der Waals surface area contributed by atoms with Gasteiger partial charge in [0, 0.05) is 41.3 Å². The molecule has 3 heterocycles. The van der Waals surface area contributed by atoms with E-state index in [2.05, 4.69) is 51.3 Å². The third-order valence-electron chi connectivity index (χ3n) is 9.13. The lowest BCUT2D eigenvalue weighted by Gasteiger charge is -2.37. The molecule has 0 spiro atoms. The van der Waals surface area contributed by atoms with Crippen molar-refractivity contribution in [2.24, 2.45) is 0 Å². The third kappa shape index (κ3) is 4.16. The summed E-state index contributed by atoms with van der Waals surface area (Å²) >= 11 is 0. The molecule has 6 nitrogen and oxygen atoms in total. The number of hydrogen-bond donors (Lipinski definition) is 1. The SMILES string of the molecule is CC1(N2CCc3ccc(-c4cnc5n[nH]c(-c6ccc(S(=O)(=O)C7CC7)cc6)c5c4)cc3CC2)CCCC1. The van der Waals surface area contributed by atoms with E-state index in [1.54, 1.807) is 12.1 Å². The fraction of sp³-hybridized carbons (Fsp3) is 0.419. The van der Waals surface area contributed by atoms with E-state index in [0.29, 0.717) is 16.1 Å². The van der Waals surface area contributed by atoms with Crippen LogP contribution in [0.3, 0.4) is 0 Å². The second-order valence-electron chi connectivity index (χ2n) is 11.6. The molecule has 2 aliphatic carbocycles. The Morgan fingerprint density at radius 3 is 2.34 bits per heavy atom. The molecule has 7 heteroatoms. The van der Waals surface area contributed by atoms with Gasteiger partial charge in [0.2, 0.25) is 0 Å². The summed E-state index contributed by atoms with van der Waals surface area (Å²) in [4.78, 5) is 7.79. The van der Waals surface area contributed by atoms with Crippen LogP contribution in [0.2, 0.25) is 0 Å². The molecule has 0 saturated heterocycles. The molecule has 0 unspecified atom stereocenters. The van der Waals surface area contributed by atoms with Gasteiger partial charge in [-0.05, 0) is 80.3 Å². The minimum atomic E-state index is -3.20. The number of aromatic amines is 1. The molecule has 1 aliphatic heterocycles. The summed E-state index contributed by atoms with van der Waals surface area (Å²) in [7, 11) is -3.20. The number of pyridine rings is 1. The zero-order valence-electron chi connectivity index (χ0n) is 21.9. The Morgan fingerprint density at radius 2 is 1.61 bits per heavy atom. The Balaban J connectivity index is 1.17.